The monoisotopic (exact) mass is 358 g/mol. The van der Waals surface area contributed by atoms with Gasteiger partial charge in [0.05, 0.1) is 10.2 Å². The molecule has 2 aromatic rings. The average molecular weight is 358 g/mol. The van der Waals surface area contributed by atoms with Crippen molar-refractivity contribution >= 4 is 33.4 Å². The van der Waals surface area contributed by atoms with Gasteiger partial charge >= 0.3 is 0 Å². The number of benzene rings is 2. The zero-order valence-corrected chi connectivity index (χ0v) is 12.3. The molecule has 2 aromatic carbocycles. The fourth-order valence-corrected chi connectivity index (χ4v) is 2.68. The highest BCUT2D eigenvalue weighted by molar-refractivity contribution is 14.1. The third kappa shape index (κ3) is 2.76. The van der Waals surface area contributed by atoms with Crippen LogP contribution in [0.5, 0.6) is 5.75 Å². The molecule has 4 heteroatoms. The first kappa shape index (κ1) is 13.6. The summed E-state index contributed by atoms with van der Waals surface area (Å²) in [5.74, 6) is 0.713. The molecule has 0 radical (unpaired) electrons. The molecule has 0 bridgehead atoms. The Labute approximate surface area is 120 Å². The van der Waals surface area contributed by atoms with Crippen molar-refractivity contribution in [2.24, 2.45) is 0 Å². The molecule has 18 heavy (non-hydrogen) atoms. The second kappa shape index (κ2) is 6.36. The van der Waals surface area contributed by atoms with Gasteiger partial charge in [0.25, 0.3) is 0 Å². The van der Waals surface area contributed by atoms with E-state index in [0.717, 1.165) is 19.9 Å². The fraction of sp³-hybridized carbons (Fsp3) is 0.286. The Morgan fingerprint density at radius 3 is 2.78 bits per heavy atom. The van der Waals surface area contributed by atoms with Crippen LogP contribution in [0.4, 0.5) is 0 Å². The minimum atomic E-state index is -0.0428. The largest absolute Gasteiger partial charge is 0.466 e. The van der Waals surface area contributed by atoms with Crippen LogP contribution in [0.2, 0.25) is 0 Å². The number of hydrogen-bond donors (Lipinski definition) is 1. The van der Waals surface area contributed by atoms with Crippen molar-refractivity contribution in [1.29, 1.82) is 0 Å². The molecule has 96 valence electrons. The Bertz CT molecular complexity index is 540. The van der Waals surface area contributed by atoms with Crippen molar-refractivity contribution in [1.82, 2.24) is 0 Å². The number of rotatable bonds is 5. The van der Waals surface area contributed by atoms with E-state index in [0.29, 0.717) is 12.4 Å². The third-order valence-electron chi connectivity index (χ3n) is 2.71. The zero-order valence-electron chi connectivity index (χ0n) is 10.1. The Kier molecular flexibility index (Phi) is 4.79. The second-order valence-electron chi connectivity index (χ2n) is 3.80. The molecule has 0 aromatic heterocycles. The summed E-state index contributed by atoms with van der Waals surface area (Å²) in [7, 11) is 0. The summed E-state index contributed by atoms with van der Waals surface area (Å²) in [6.45, 7) is 2.69. The van der Waals surface area contributed by atoms with Gasteiger partial charge in [0.1, 0.15) is 5.75 Å². The SMILES string of the molecule is CCOCOc1c(I)cc2ccccc2c1CO. The Hall–Kier alpha value is -0.850. The van der Waals surface area contributed by atoms with E-state index in [1.54, 1.807) is 0 Å². The summed E-state index contributed by atoms with van der Waals surface area (Å²) in [5.41, 5.74) is 0.817. The standard InChI is InChI=1S/C14H15IO3/c1-2-17-9-18-14-12(8-16)11-6-4-3-5-10(11)7-13(14)15/h3-7,16H,2,8-9H2,1H3. The van der Waals surface area contributed by atoms with Crippen LogP contribution in [0.25, 0.3) is 10.8 Å². The van der Waals surface area contributed by atoms with Crippen LogP contribution < -0.4 is 4.74 Å². The minimum absolute atomic E-state index is 0.0428. The van der Waals surface area contributed by atoms with Crippen molar-refractivity contribution in [2.75, 3.05) is 13.4 Å². The normalized spacial score (nSPS) is 10.8. The first-order valence-electron chi connectivity index (χ1n) is 5.79. The topological polar surface area (TPSA) is 38.7 Å². The summed E-state index contributed by atoms with van der Waals surface area (Å²) in [6.07, 6.45) is 0. The quantitative estimate of drug-likeness (QED) is 0.506. The molecule has 0 heterocycles. The van der Waals surface area contributed by atoms with Gasteiger partial charge in [-0.25, -0.2) is 0 Å². The van der Waals surface area contributed by atoms with Gasteiger partial charge in [0.15, 0.2) is 6.79 Å². The van der Waals surface area contributed by atoms with Crippen LogP contribution in [0.3, 0.4) is 0 Å². The maximum absolute atomic E-state index is 9.57. The van der Waals surface area contributed by atoms with E-state index >= 15 is 0 Å². The summed E-state index contributed by atoms with van der Waals surface area (Å²) >= 11 is 2.22. The smallest absolute Gasteiger partial charge is 0.189 e. The summed E-state index contributed by atoms with van der Waals surface area (Å²) in [4.78, 5) is 0. The van der Waals surface area contributed by atoms with Gasteiger partial charge in [-0.3, -0.25) is 0 Å². The number of hydrogen-bond acceptors (Lipinski definition) is 3. The van der Waals surface area contributed by atoms with Gasteiger partial charge in [-0.15, -0.1) is 0 Å². The van der Waals surface area contributed by atoms with Gasteiger partial charge in [-0.1, -0.05) is 24.3 Å². The highest BCUT2D eigenvalue weighted by atomic mass is 127. The lowest BCUT2D eigenvalue weighted by Gasteiger charge is -2.14. The van der Waals surface area contributed by atoms with E-state index in [1.165, 1.54) is 0 Å². The van der Waals surface area contributed by atoms with Gasteiger partial charge in [-0.05, 0) is 46.4 Å². The molecule has 0 spiro atoms. The van der Waals surface area contributed by atoms with Gasteiger partial charge in [0, 0.05) is 12.2 Å². The Morgan fingerprint density at radius 2 is 2.06 bits per heavy atom. The van der Waals surface area contributed by atoms with E-state index < -0.39 is 0 Å². The highest BCUT2D eigenvalue weighted by Gasteiger charge is 2.12. The molecule has 0 saturated carbocycles. The predicted octanol–water partition coefficient (Wildman–Crippen LogP) is 3.31. The van der Waals surface area contributed by atoms with Gasteiger partial charge in [-0.2, -0.15) is 0 Å². The van der Waals surface area contributed by atoms with Gasteiger partial charge < -0.3 is 14.6 Å². The minimum Gasteiger partial charge on any atom is -0.466 e. The molecule has 0 saturated heterocycles. The highest BCUT2D eigenvalue weighted by Crippen LogP contribution is 2.33. The number of aliphatic hydroxyl groups excluding tert-OH is 1. The summed E-state index contributed by atoms with van der Waals surface area (Å²) in [5, 5.41) is 11.7. The van der Waals surface area contributed by atoms with E-state index in [-0.39, 0.29) is 13.4 Å². The van der Waals surface area contributed by atoms with Crippen LogP contribution in [0.15, 0.2) is 30.3 Å². The molecular weight excluding hydrogens is 343 g/mol. The molecule has 3 nitrogen and oxygen atoms in total. The predicted molar refractivity (Wildman–Crippen MR) is 79.7 cm³/mol. The lowest BCUT2D eigenvalue weighted by molar-refractivity contribution is 0.0208. The lowest BCUT2D eigenvalue weighted by atomic mass is 10.0. The third-order valence-corrected chi connectivity index (χ3v) is 3.51. The van der Waals surface area contributed by atoms with Crippen LogP contribution >= 0.6 is 22.6 Å². The molecule has 0 unspecified atom stereocenters. The second-order valence-corrected chi connectivity index (χ2v) is 4.96. The first-order chi connectivity index (χ1) is 8.77. The number of ether oxygens (including phenoxy) is 2. The average Bonchev–Trinajstić information content (AvgIpc) is 2.39. The van der Waals surface area contributed by atoms with Crippen LogP contribution in [-0.4, -0.2) is 18.5 Å². The molecule has 0 fully saturated rings. The lowest BCUT2D eigenvalue weighted by Crippen LogP contribution is -2.06. The molecule has 0 atom stereocenters. The van der Waals surface area contributed by atoms with E-state index in [4.69, 9.17) is 9.47 Å². The van der Waals surface area contributed by atoms with Crippen molar-refractivity contribution in [2.45, 2.75) is 13.5 Å². The molecule has 0 aliphatic rings. The molecule has 2 rings (SSSR count). The van der Waals surface area contributed by atoms with Crippen molar-refractivity contribution in [3.63, 3.8) is 0 Å². The van der Waals surface area contributed by atoms with E-state index in [1.807, 2.05) is 31.2 Å². The Balaban J connectivity index is 2.47. The van der Waals surface area contributed by atoms with Gasteiger partial charge in [0.2, 0.25) is 0 Å². The maximum atomic E-state index is 9.57. The van der Waals surface area contributed by atoms with Crippen LogP contribution in [0.1, 0.15) is 12.5 Å². The van der Waals surface area contributed by atoms with E-state index in [9.17, 15) is 5.11 Å². The number of halogens is 1. The first-order valence-corrected chi connectivity index (χ1v) is 6.87. The Morgan fingerprint density at radius 1 is 1.28 bits per heavy atom. The van der Waals surface area contributed by atoms with Crippen molar-refractivity contribution in [3.05, 3.63) is 39.5 Å². The summed E-state index contributed by atoms with van der Waals surface area (Å²) in [6, 6.07) is 10.0. The fourth-order valence-electron chi connectivity index (χ4n) is 1.86. The van der Waals surface area contributed by atoms with Crippen LogP contribution in [-0.2, 0) is 11.3 Å². The molecule has 0 aliphatic carbocycles. The molecular formula is C14H15IO3. The van der Waals surface area contributed by atoms with E-state index in [2.05, 4.69) is 28.7 Å². The van der Waals surface area contributed by atoms with Crippen molar-refractivity contribution < 1.29 is 14.6 Å². The summed E-state index contributed by atoms with van der Waals surface area (Å²) < 4.78 is 11.8. The number of fused-ring (bicyclic) bond motifs is 1. The molecule has 0 amide bonds. The maximum Gasteiger partial charge on any atom is 0.189 e. The number of aliphatic hydroxyl groups is 1. The van der Waals surface area contributed by atoms with Crippen LogP contribution in [0, 0.1) is 3.57 Å². The zero-order chi connectivity index (χ0) is 13.0. The molecule has 1 N–H and O–H groups in total. The molecule has 0 aliphatic heterocycles. The van der Waals surface area contributed by atoms with Crippen molar-refractivity contribution in [3.8, 4) is 5.75 Å².